The summed E-state index contributed by atoms with van der Waals surface area (Å²) >= 11 is 8.08. The summed E-state index contributed by atoms with van der Waals surface area (Å²) < 4.78 is 0.442. The third-order valence-corrected chi connectivity index (χ3v) is 7.94. The monoisotopic (exact) mass is 522 g/mol. The largest absolute Gasteiger partial charge is 0.393 e. The van der Waals surface area contributed by atoms with E-state index in [9.17, 15) is 10.2 Å². The number of quaternary nitrogens is 1. The first kappa shape index (κ1) is 26.6. The molecule has 3 aromatic rings. The van der Waals surface area contributed by atoms with Crippen LogP contribution in [0.3, 0.4) is 0 Å². The molecule has 3 heterocycles. The summed E-state index contributed by atoms with van der Waals surface area (Å²) in [5, 5.41) is 23.3. The van der Waals surface area contributed by atoms with Crippen molar-refractivity contribution in [2.75, 3.05) is 6.61 Å². The molecule has 1 unspecified atom stereocenters. The summed E-state index contributed by atoms with van der Waals surface area (Å²) in [4.78, 5) is 9.48. The van der Waals surface area contributed by atoms with Crippen LogP contribution in [0.2, 0.25) is 5.02 Å². The average molecular weight is 523 g/mol. The maximum atomic E-state index is 10.9. The topological polar surface area (TPSA) is 66.2 Å². The smallest absolute Gasteiger partial charge is 0.181 e. The standard InChI is InChI=1S/C29H33ClN3O2S/c1-20(2)28-26(15-21(3)35)27(19-34)33(17-22-7-11-31-12-8-22,18-23-9-13-32-14-10-23)29(28)36-25-6-4-5-24(30)16-25/h4-14,16,20-21,34-35H,15,17-19H2,1-3H3/q+1. The summed E-state index contributed by atoms with van der Waals surface area (Å²) in [5.41, 5.74) is 5.41. The number of hydrogen-bond donors (Lipinski definition) is 2. The fraction of sp³-hybridized carbons (Fsp3) is 0.310. The molecule has 188 valence electrons. The molecule has 2 aromatic heterocycles. The summed E-state index contributed by atoms with van der Waals surface area (Å²) in [6.07, 6.45) is 7.19. The van der Waals surface area contributed by atoms with Gasteiger partial charge in [-0.2, -0.15) is 0 Å². The molecule has 0 fully saturated rings. The predicted octanol–water partition coefficient (Wildman–Crippen LogP) is 6.34. The second kappa shape index (κ2) is 11.7. The van der Waals surface area contributed by atoms with Gasteiger partial charge in [0.25, 0.3) is 0 Å². The molecular weight excluding hydrogens is 490 g/mol. The second-order valence-electron chi connectivity index (χ2n) is 9.56. The lowest BCUT2D eigenvalue weighted by Crippen LogP contribution is -2.43. The SMILES string of the molecule is CC(O)CC1=C(CO)[N+](Cc2ccncc2)(Cc2ccncc2)C(Sc2cccc(Cl)c2)=C1C(C)C. The van der Waals surface area contributed by atoms with Crippen LogP contribution >= 0.6 is 23.4 Å². The Labute approximate surface area is 222 Å². The molecular formula is C29H33ClN3O2S+. The van der Waals surface area contributed by atoms with Gasteiger partial charge in [0, 0.05) is 63.4 Å². The Bertz CT molecular complexity index is 1200. The first-order chi connectivity index (χ1) is 17.3. The van der Waals surface area contributed by atoms with Crippen LogP contribution in [0, 0.1) is 5.92 Å². The number of pyridine rings is 2. The maximum Gasteiger partial charge on any atom is 0.181 e. The molecule has 36 heavy (non-hydrogen) atoms. The Morgan fingerprint density at radius 2 is 1.50 bits per heavy atom. The van der Waals surface area contributed by atoms with Gasteiger partial charge in [0.2, 0.25) is 0 Å². The van der Waals surface area contributed by atoms with E-state index in [1.54, 1.807) is 11.8 Å². The number of aliphatic hydroxyl groups excluding tert-OH is 2. The van der Waals surface area contributed by atoms with Crippen molar-refractivity contribution in [2.24, 2.45) is 5.92 Å². The highest BCUT2D eigenvalue weighted by molar-refractivity contribution is 8.02. The summed E-state index contributed by atoms with van der Waals surface area (Å²) in [5.74, 6) is 0.192. The van der Waals surface area contributed by atoms with Crippen LogP contribution in [0.1, 0.15) is 38.3 Å². The van der Waals surface area contributed by atoms with Crippen molar-refractivity contribution < 1.29 is 14.7 Å². The van der Waals surface area contributed by atoms with Crippen LogP contribution in [-0.2, 0) is 13.1 Å². The molecule has 1 atom stereocenters. The normalized spacial score (nSPS) is 16.2. The number of halogens is 1. The fourth-order valence-corrected chi connectivity index (χ4v) is 6.71. The molecule has 0 bridgehead atoms. The number of aromatic nitrogens is 2. The maximum absolute atomic E-state index is 10.9. The molecule has 1 aliphatic rings. The summed E-state index contributed by atoms with van der Waals surface area (Å²) in [6, 6.07) is 16.0. The molecule has 1 aromatic carbocycles. The van der Waals surface area contributed by atoms with E-state index < -0.39 is 6.10 Å². The van der Waals surface area contributed by atoms with E-state index in [4.69, 9.17) is 11.6 Å². The van der Waals surface area contributed by atoms with Gasteiger partial charge in [0.15, 0.2) is 5.03 Å². The quantitative estimate of drug-likeness (QED) is 0.304. The summed E-state index contributed by atoms with van der Waals surface area (Å²) in [7, 11) is 0. The highest BCUT2D eigenvalue weighted by atomic mass is 35.5. The third kappa shape index (κ3) is 5.74. The minimum absolute atomic E-state index is 0.103. The molecule has 0 aliphatic carbocycles. The van der Waals surface area contributed by atoms with Crippen LogP contribution in [0.5, 0.6) is 0 Å². The molecule has 2 N–H and O–H groups in total. The number of nitrogens with zero attached hydrogens (tertiary/aromatic N) is 3. The van der Waals surface area contributed by atoms with Gasteiger partial charge >= 0.3 is 0 Å². The first-order valence-corrected chi connectivity index (χ1v) is 13.4. The van der Waals surface area contributed by atoms with E-state index in [1.165, 1.54) is 5.57 Å². The number of rotatable bonds is 10. The highest BCUT2D eigenvalue weighted by Crippen LogP contribution is 2.53. The van der Waals surface area contributed by atoms with Gasteiger partial charge in [-0.1, -0.05) is 31.5 Å². The van der Waals surface area contributed by atoms with Gasteiger partial charge < -0.3 is 10.2 Å². The van der Waals surface area contributed by atoms with Crippen molar-refractivity contribution in [3.8, 4) is 0 Å². The van der Waals surface area contributed by atoms with Crippen LogP contribution in [0.25, 0.3) is 0 Å². The van der Waals surface area contributed by atoms with Crippen molar-refractivity contribution in [3.63, 3.8) is 0 Å². The number of allylic oxidation sites excluding steroid dienone is 1. The van der Waals surface area contributed by atoms with Crippen LogP contribution < -0.4 is 0 Å². The van der Waals surface area contributed by atoms with Crippen LogP contribution in [0.15, 0.2) is 100 Å². The van der Waals surface area contributed by atoms with E-state index in [-0.39, 0.29) is 12.5 Å². The second-order valence-corrected chi connectivity index (χ2v) is 11.1. The van der Waals surface area contributed by atoms with Crippen LogP contribution in [-0.4, -0.2) is 37.4 Å². The van der Waals surface area contributed by atoms with Crippen molar-refractivity contribution in [1.29, 1.82) is 0 Å². The minimum atomic E-state index is -0.533. The van der Waals surface area contributed by atoms with Gasteiger partial charge in [-0.05, 0) is 67.1 Å². The zero-order chi connectivity index (χ0) is 25.7. The molecule has 0 saturated heterocycles. The third-order valence-electron chi connectivity index (χ3n) is 6.45. The predicted molar refractivity (Wildman–Crippen MR) is 146 cm³/mol. The average Bonchev–Trinajstić information content (AvgIpc) is 3.07. The lowest BCUT2D eigenvalue weighted by atomic mass is 9.92. The molecule has 0 saturated carbocycles. The van der Waals surface area contributed by atoms with Crippen molar-refractivity contribution >= 4 is 23.4 Å². The fourth-order valence-electron chi connectivity index (χ4n) is 5.02. The van der Waals surface area contributed by atoms with E-state index in [1.807, 2.05) is 74.2 Å². The number of aliphatic hydroxyl groups is 2. The van der Waals surface area contributed by atoms with E-state index in [0.29, 0.717) is 29.0 Å². The molecule has 1 aliphatic heterocycles. The molecule has 5 nitrogen and oxygen atoms in total. The molecule has 0 amide bonds. The highest BCUT2D eigenvalue weighted by Gasteiger charge is 2.49. The Balaban J connectivity index is 1.99. The Kier molecular flexibility index (Phi) is 8.65. The zero-order valence-electron chi connectivity index (χ0n) is 20.9. The van der Waals surface area contributed by atoms with Crippen molar-refractivity contribution in [3.05, 3.63) is 111 Å². The van der Waals surface area contributed by atoms with Gasteiger partial charge in [-0.25, -0.2) is 4.48 Å². The van der Waals surface area contributed by atoms with Gasteiger partial charge in [0.05, 0.1) is 6.10 Å². The van der Waals surface area contributed by atoms with Crippen LogP contribution in [0.4, 0.5) is 0 Å². The first-order valence-electron chi connectivity index (χ1n) is 12.2. The Hall–Kier alpha value is -2.48. The zero-order valence-corrected chi connectivity index (χ0v) is 22.5. The van der Waals surface area contributed by atoms with Crippen molar-refractivity contribution in [1.82, 2.24) is 9.97 Å². The lowest BCUT2D eigenvalue weighted by Gasteiger charge is -2.38. The number of thioether (sulfide) groups is 1. The van der Waals surface area contributed by atoms with Gasteiger partial charge in [0.1, 0.15) is 25.4 Å². The molecule has 0 spiro atoms. The minimum Gasteiger partial charge on any atom is -0.393 e. The number of hydrogen-bond acceptors (Lipinski definition) is 5. The van der Waals surface area contributed by atoms with E-state index in [2.05, 4.69) is 29.9 Å². The lowest BCUT2D eigenvalue weighted by molar-refractivity contribution is -0.873. The van der Waals surface area contributed by atoms with Gasteiger partial charge in [-0.3, -0.25) is 9.97 Å². The van der Waals surface area contributed by atoms with Gasteiger partial charge in [-0.15, -0.1) is 0 Å². The molecule has 0 radical (unpaired) electrons. The Morgan fingerprint density at radius 1 is 0.917 bits per heavy atom. The molecule has 4 rings (SSSR count). The molecule has 7 heteroatoms. The Morgan fingerprint density at radius 3 is 1.97 bits per heavy atom. The van der Waals surface area contributed by atoms with E-state index >= 15 is 0 Å². The van der Waals surface area contributed by atoms with E-state index in [0.717, 1.165) is 32.3 Å². The number of benzene rings is 1. The van der Waals surface area contributed by atoms with Crippen molar-refractivity contribution in [2.45, 2.75) is 51.3 Å². The summed E-state index contributed by atoms with van der Waals surface area (Å²) in [6.45, 7) is 7.36.